The van der Waals surface area contributed by atoms with Crippen LogP contribution in [0.5, 0.6) is 0 Å². The van der Waals surface area contributed by atoms with Crippen LogP contribution >= 0.6 is 11.6 Å². The number of allylic oxidation sites excluding steroid dienone is 1. The minimum atomic E-state index is 0.219. The van der Waals surface area contributed by atoms with Crippen molar-refractivity contribution < 1.29 is 4.42 Å². The second kappa shape index (κ2) is 3.85. The topological polar surface area (TPSA) is 36.9 Å². The predicted molar refractivity (Wildman–Crippen MR) is 43.0 cm³/mol. The van der Waals surface area contributed by atoms with Gasteiger partial charge in [-0.2, -0.15) is 5.26 Å². The average molecular weight is 168 g/mol. The number of furan rings is 1. The maximum absolute atomic E-state index is 8.48. The van der Waals surface area contributed by atoms with E-state index in [0.29, 0.717) is 11.3 Å². The number of nitriles is 1. The fraction of sp³-hybridized carbons (Fsp3) is 0.125. The molecule has 0 N–H and O–H groups in total. The van der Waals surface area contributed by atoms with Gasteiger partial charge >= 0.3 is 0 Å². The van der Waals surface area contributed by atoms with Crippen LogP contribution < -0.4 is 0 Å². The van der Waals surface area contributed by atoms with Crippen LogP contribution in [0.1, 0.15) is 5.76 Å². The Morgan fingerprint density at radius 2 is 2.64 bits per heavy atom. The lowest BCUT2D eigenvalue weighted by Crippen LogP contribution is -1.77. The second-order valence-corrected chi connectivity index (χ2v) is 2.20. The Balaban J connectivity index is 2.81. The van der Waals surface area contributed by atoms with Crippen molar-refractivity contribution >= 4 is 17.7 Å². The van der Waals surface area contributed by atoms with Gasteiger partial charge in [0.05, 0.1) is 18.2 Å². The first-order valence-corrected chi connectivity index (χ1v) is 3.60. The lowest BCUT2D eigenvalue weighted by atomic mass is 10.3. The average Bonchev–Trinajstić information content (AvgIpc) is 2.52. The minimum Gasteiger partial charge on any atom is -0.465 e. The van der Waals surface area contributed by atoms with Crippen molar-refractivity contribution in [2.45, 2.75) is 0 Å². The molecule has 0 saturated heterocycles. The molecule has 0 unspecified atom stereocenters. The maximum atomic E-state index is 8.48. The summed E-state index contributed by atoms with van der Waals surface area (Å²) < 4.78 is 4.98. The summed E-state index contributed by atoms with van der Waals surface area (Å²) in [4.78, 5) is 0. The molecule has 0 atom stereocenters. The molecule has 1 rings (SSSR count). The third kappa shape index (κ3) is 2.14. The normalized spacial score (nSPS) is 11.1. The second-order valence-electron chi connectivity index (χ2n) is 1.93. The number of nitrogens with zero attached hydrogens (tertiary/aromatic N) is 1. The van der Waals surface area contributed by atoms with Crippen LogP contribution in [0.15, 0.2) is 28.4 Å². The van der Waals surface area contributed by atoms with E-state index >= 15 is 0 Å². The maximum Gasteiger partial charge on any atom is 0.127 e. The fourth-order valence-corrected chi connectivity index (χ4v) is 0.783. The highest BCUT2D eigenvalue weighted by Gasteiger charge is 1.94. The van der Waals surface area contributed by atoms with Crippen LogP contribution in [-0.2, 0) is 0 Å². The number of hydrogen-bond donors (Lipinski definition) is 0. The van der Waals surface area contributed by atoms with Crippen molar-refractivity contribution in [1.29, 1.82) is 5.26 Å². The number of rotatable bonds is 2. The van der Waals surface area contributed by atoms with Gasteiger partial charge in [0.15, 0.2) is 0 Å². The lowest BCUT2D eigenvalue weighted by molar-refractivity contribution is 0.557. The highest BCUT2D eigenvalue weighted by molar-refractivity contribution is 6.20. The first kappa shape index (κ1) is 7.90. The molecule has 1 aromatic rings. The molecule has 0 aliphatic carbocycles. The van der Waals surface area contributed by atoms with E-state index in [-0.39, 0.29) is 5.88 Å². The van der Waals surface area contributed by atoms with Gasteiger partial charge in [-0.25, -0.2) is 0 Å². The molecule has 11 heavy (non-hydrogen) atoms. The third-order valence-electron chi connectivity index (χ3n) is 1.15. The molecule has 0 bridgehead atoms. The van der Waals surface area contributed by atoms with Crippen molar-refractivity contribution in [2.24, 2.45) is 0 Å². The highest BCUT2D eigenvalue weighted by atomic mass is 35.5. The Bertz CT molecular complexity index is 282. The van der Waals surface area contributed by atoms with E-state index in [4.69, 9.17) is 21.3 Å². The van der Waals surface area contributed by atoms with Crippen molar-refractivity contribution in [3.63, 3.8) is 0 Å². The Hall–Kier alpha value is -1.20. The molecule has 0 fully saturated rings. The van der Waals surface area contributed by atoms with Gasteiger partial charge in [0.1, 0.15) is 5.76 Å². The van der Waals surface area contributed by atoms with Crippen molar-refractivity contribution in [2.75, 3.05) is 5.88 Å². The van der Waals surface area contributed by atoms with E-state index in [1.165, 1.54) is 0 Å². The van der Waals surface area contributed by atoms with Crippen LogP contribution in [0.4, 0.5) is 0 Å². The molecule has 0 aliphatic heterocycles. The third-order valence-corrected chi connectivity index (χ3v) is 1.44. The molecule has 56 valence electrons. The standard InChI is InChI=1S/C8H6ClNO/c9-5-7(6-10)4-8-2-1-3-11-8/h1-4H,5H2/b7-4+. The molecule has 0 spiro atoms. The predicted octanol–water partition coefficient (Wildman–Crippen LogP) is 2.43. The number of halogens is 1. The van der Waals surface area contributed by atoms with Crippen LogP contribution in [0.25, 0.3) is 6.08 Å². The van der Waals surface area contributed by atoms with Crippen molar-refractivity contribution in [3.05, 3.63) is 29.7 Å². The lowest BCUT2D eigenvalue weighted by Gasteiger charge is -1.86. The molecule has 1 heterocycles. The Kier molecular flexibility index (Phi) is 2.76. The van der Waals surface area contributed by atoms with Gasteiger partial charge in [-0.1, -0.05) is 0 Å². The molecule has 0 aliphatic rings. The molecule has 0 saturated carbocycles. The SMILES string of the molecule is N#C/C(=C/c1ccco1)CCl. The first-order chi connectivity index (χ1) is 5.36. The molecule has 0 radical (unpaired) electrons. The van der Waals surface area contributed by atoms with Crippen LogP contribution in [0.3, 0.4) is 0 Å². The van der Waals surface area contributed by atoms with Gasteiger partial charge in [-0.15, -0.1) is 11.6 Å². The summed E-state index contributed by atoms with van der Waals surface area (Å²) >= 11 is 5.45. The highest BCUT2D eigenvalue weighted by Crippen LogP contribution is 2.07. The number of hydrogen-bond acceptors (Lipinski definition) is 2. The van der Waals surface area contributed by atoms with Crippen LogP contribution in [0, 0.1) is 11.3 Å². The summed E-state index contributed by atoms with van der Waals surface area (Å²) in [5.41, 5.74) is 0.501. The summed E-state index contributed by atoms with van der Waals surface area (Å²) in [6, 6.07) is 5.49. The first-order valence-electron chi connectivity index (χ1n) is 3.07. The van der Waals surface area contributed by atoms with E-state index < -0.39 is 0 Å². The quantitative estimate of drug-likeness (QED) is 0.501. The largest absolute Gasteiger partial charge is 0.465 e. The van der Waals surface area contributed by atoms with E-state index in [0.717, 1.165) is 0 Å². The van der Waals surface area contributed by atoms with Crippen LogP contribution in [-0.4, -0.2) is 5.88 Å². The summed E-state index contributed by atoms with van der Waals surface area (Å²) in [5, 5.41) is 8.48. The molecule has 0 amide bonds. The van der Waals surface area contributed by atoms with Gasteiger partial charge in [-0.3, -0.25) is 0 Å². The Morgan fingerprint density at radius 3 is 3.09 bits per heavy atom. The summed E-state index contributed by atoms with van der Waals surface area (Å²) in [7, 11) is 0. The summed E-state index contributed by atoms with van der Waals surface area (Å²) in [6.45, 7) is 0. The zero-order chi connectivity index (χ0) is 8.10. The molecule has 1 aromatic heterocycles. The summed E-state index contributed by atoms with van der Waals surface area (Å²) in [5.74, 6) is 0.874. The minimum absolute atomic E-state index is 0.219. The molecular formula is C8H6ClNO. The van der Waals surface area contributed by atoms with Gasteiger partial charge in [0, 0.05) is 5.57 Å². The van der Waals surface area contributed by atoms with Gasteiger partial charge in [0.2, 0.25) is 0 Å². The zero-order valence-electron chi connectivity index (χ0n) is 5.75. The Morgan fingerprint density at radius 1 is 1.82 bits per heavy atom. The van der Waals surface area contributed by atoms with Crippen molar-refractivity contribution in [3.8, 4) is 6.07 Å². The van der Waals surface area contributed by atoms with E-state index in [2.05, 4.69) is 0 Å². The van der Waals surface area contributed by atoms with Gasteiger partial charge < -0.3 is 4.42 Å². The van der Waals surface area contributed by atoms with Gasteiger partial charge in [0.25, 0.3) is 0 Å². The molecular weight excluding hydrogens is 162 g/mol. The number of alkyl halides is 1. The monoisotopic (exact) mass is 167 g/mol. The van der Waals surface area contributed by atoms with E-state index in [9.17, 15) is 0 Å². The van der Waals surface area contributed by atoms with E-state index in [1.54, 1.807) is 24.5 Å². The van der Waals surface area contributed by atoms with E-state index in [1.807, 2.05) is 6.07 Å². The van der Waals surface area contributed by atoms with Crippen molar-refractivity contribution in [1.82, 2.24) is 0 Å². The summed E-state index contributed by atoms with van der Waals surface area (Å²) in [6.07, 6.45) is 3.17. The fourth-order valence-electron chi connectivity index (χ4n) is 0.646. The van der Waals surface area contributed by atoms with Gasteiger partial charge in [-0.05, 0) is 18.2 Å². The molecule has 2 nitrogen and oxygen atoms in total. The molecule has 3 heteroatoms. The zero-order valence-corrected chi connectivity index (χ0v) is 6.51. The smallest absolute Gasteiger partial charge is 0.127 e. The molecule has 0 aromatic carbocycles. The Labute approximate surface area is 69.7 Å². The van der Waals surface area contributed by atoms with Crippen LogP contribution in [0.2, 0.25) is 0 Å².